The van der Waals surface area contributed by atoms with Crippen molar-refractivity contribution in [3.63, 3.8) is 0 Å². The molecule has 0 spiro atoms. The summed E-state index contributed by atoms with van der Waals surface area (Å²) in [7, 11) is 1.63. The van der Waals surface area contributed by atoms with Gasteiger partial charge in [0.2, 0.25) is 0 Å². The van der Waals surface area contributed by atoms with Gasteiger partial charge in [-0.3, -0.25) is 4.79 Å². The quantitative estimate of drug-likeness (QED) is 0.554. The van der Waals surface area contributed by atoms with Crippen LogP contribution < -0.4 is 4.74 Å². The van der Waals surface area contributed by atoms with Crippen LogP contribution in [0.15, 0.2) is 22.7 Å². The third-order valence-electron chi connectivity index (χ3n) is 3.71. The fraction of sp³-hybridized carbons (Fsp3) is 0.562. The zero-order valence-corrected chi connectivity index (χ0v) is 14.0. The molecule has 1 aliphatic heterocycles. The van der Waals surface area contributed by atoms with Crippen molar-refractivity contribution in [1.29, 1.82) is 0 Å². The summed E-state index contributed by atoms with van der Waals surface area (Å²) in [5, 5.41) is 0. The van der Waals surface area contributed by atoms with Gasteiger partial charge in [0.1, 0.15) is 12.4 Å². The molecule has 1 aliphatic rings. The van der Waals surface area contributed by atoms with E-state index in [2.05, 4.69) is 22.9 Å². The van der Waals surface area contributed by atoms with Crippen molar-refractivity contribution in [1.82, 2.24) is 0 Å². The van der Waals surface area contributed by atoms with Crippen molar-refractivity contribution in [2.45, 2.75) is 25.9 Å². The SMILES string of the molecule is CCC1OCCC1C(=O)c1ccc(OCCOC)c(Br)c1. The highest BCUT2D eigenvalue weighted by molar-refractivity contribution is 9.10. The predicted octanol–water partition coefficient (Wildman–Crippen LogP) is 3.47. The number of hydrogen-bond acceptors (Lipinski definition) is 4. The molecule has 5 heteroatoms. The van der Waals surface area contributed by atoms with Gasteiger partial charge >= 0.3 is 0 Å². The number of methoxy groups -OCH3 is 1. The number of ketones is 1. The first-order chi connectivity index (χ1) is 10.2. The van der Waals surface area contributed by atoms with Gasteiger partial charge in [-0.2, -0.15) is 0 Å². The van der Waals surface area contributed by atoms with E-state index in [-0.39, 0.29) is 17.8 Å². The average molecular weight is 357 g/mol. The number of rotatable bonds is 7. The molecule has 0 aliphatic carbocycles. The second kappa shape index (κ2) is 7.92. The molecule has 2 unspecified atom stereocenters. The molecule has 0 amide bonds. The van der Waals surface area contributed by atoms with Gasteiger partial charge in [0.05, 0.1) is 23.1 Å². The lowest BCUT2D eigenvalue weighted by Gasteiger charge is -2.16. The summed E-state index contributed by atoms with van der Waals surface area (Å²) in [6.07, 6.45) is 1.73. The van der Waals surface area contributed by atoms with Crippen molar-refractivity contribution in [2.24, 2.45) is 5.92 Å². The number of carbonyl (C=O) groups is 1. The van der Waals surface area contributed by atoms with E-state index in [0.717, 1.165) is 23.1 Å². The molecule has 0 N–H and O–H groups in total. The molecule has 4 nitrogen and oxygen atoms in total. The maximum Gasteiger partial charge on any atom is 0.168 e. The lowest BCUT2D eigenvalue weighted by Crippen LogP contribution is -2.23. The molecule has 0 bridgehead atoms. The minimum absolute atomic E-state index is 0.0258. The van der Waals surface area contributed by atoms with Crippen LogP contribution in [0.5, 0.6) is 5.75 Å². The zero-order valence-electron chi connectivity index (χ0n) is 12.4. The Morgan fingerprint density at radius 1 is 1.43 bits per heavy atom. The highest BCUT2D eigenvalue weighted by Crippen LogP contribution is 2.31. The molecule has 1 saturated heterocycles. The van der Waals surface area contributed by atoms with Gasteiger partial charge in [-0.15, -0.1) is 0 Å². The fourth-order valence-corrected chi connectivity index (χ4v) is 3.06. The van der Waals surface area contributed by atoms with Gasteiger partial charge in [-0.1, -0.05) is 6.92 Å². The van der Waals surface area contributed by atoms with Gasteiger partial charge in [-0.25, -0.2) is 0 Å². The number of Topliss-reactive ketones (excluding diaryl/α,β-unsaturated/α-hetero) is 1. The van der Waals surface area contributed by atoms with E-state index >= 15 is 0 Å². The van der Waals surface area contributed by atoms with Crippen LogP contribution in [0.1, 0.15) is 30.1 Å². The average Bonchev–Trinajstić information content (AvgIpc) is 2.96. The smallest absolute Gasteiger partial charge is 0.168 e. The lowest BCUT2D eigenvalue weighted by atomic mass is 9.90. The third-order valence-corrected chi connectivity index (χ3v) is 4.33. The van der Waals surface area contributed by atoms with Crippen LogP contribution in [0, 0.1) is 5.92 Å². The molecule has 116 valence electrons. The summed E-state index contributed by atoms with van der Waals surface area (Å²) in [5.41, 5.74) is 0.704. The Morgan fingerprint density at radius 3 is 2.90 bits per heavy atom. The van der Waals surface area contributed by atoms with Crippen LogP contribution in [-0.4, -0.2) is 38.8 Å². The molecule has 1 aromatic rings. The van der Waals surface area contributed by atoms with Crippen LogP contribution in [0.2, 0.25) is 0 Å². The molecule has 2 rings (SSSR count). The van der Waals surface area contributed by atoms with Crippen molar-refractivity contribution >= 4 is 21.7 Å². The van der Waals surface area contributed by atoms with Crippen molar-refractivity contribution < 1.29 is 19.0 Å². The van der Waals surface area contributed by atoms with Gasteiger partial charge in [0, 0.05) is 19.3 Å². The molecule has 1 fully saturated rings. The number of carbonyl (C=O) groups excluding carboxylic acids is 1. The first-order valence-electron chi connectivity index (χ1n) is 7.24. The van der Waals surface area contributed by atoms with Crippen LogP contribution in [0.4, 0.5) is 0 Å². The minimum Gasteiger partial charge on any atom is -0.490 e. The lowest BCUT2D eigenvalue weighted by molar-refractivity contribution is 0.0689. The fourth-order valence-electron chi connectivity index (χ4n) is 2.57. The highest BCUT2D eigenvalue weighted by Gasteiger charge is 2.33. The van der Waals surface area contributed by atoms with E-state index in [1.165, 1.54) is 0 Å². The number of halogens is 1. The number of benzene rings is 1. The standard InChI is InChI=1S/C16H21BrO4/c1-3-14-12(6-7-20-14)16(18)11-4-5-15(13(17)10-11)21-9-8-19-2/h4-5,10,12,14H,3,6-9H2,1-2H3. The van der Waals surface area contributed by atoms with E-state index in [1.807, 2.05) is 18.2 Å². The molecule has 1 aromatic carbocycles. The van der Waals surface area contributed by atoms with Gasteiger partial charge < -0.3 is 14.2 Å². The third kappa shape index (κ3) is 4.05. The van der Waals surface area contributed by atoms with Crippen LogP contribution in [-0.2, 0) is 9.47 Å². The van der Waals surface area contributed by atoms with Crippen LogP contribution >= 0.6 is 15.9 Å². The minimum atomic E-state index is -0.0258. The van der Waals surface area contributed by atoms with E-state index in [1.54, 1.807) is 7.11 Å². The Morgan fingerprint density at radius 2 is 2.24 bits per heavy atom. The van der Waals surface area contributed by atoms with Crippen molar-refractivity contribution in [3.8, 4) is 5.75 Å². The molecule has 21 heavy (non-hydrogen) atoms. The first-order valence-corrected chi connectivity index (χ1v) is 8.03. The number of hydrogen-bond donors (Lipinski definition) is 0. The van der Waals surface area contributed by atoms with E-state index < -0.39 is 0 Å². The second-order valence-corrected chi connectivity index (χ2v) is 5.92. The van der Waals surface area contributed by atoms with Crippen molar-refractivity contribution in [2.75, 3.05) is 26.9 Å². The van der Waals surface area contributed by atoms with E-state index in [9.17, 15) is 4.79 Å². The molecule has 0 aromatic heterocycles. The van der Waals surface area contributed by atoms with Crippen LogP contribution in [0.25, 0.3) is 0 Å². The first kappa shape index (κ1) is 16.5. The largest absolute Gasteiger partial charge is 0.490 e. The monoisotopic (exact) mass is 356 g/mol. The molecular formula is C16H21BrO4. The van der Waals surface area contributed by atoms with Crippen molar-refractivity contribution in [3.05, 3.63) is 28.2 Å². The maximum atomic E-state index is 12.6. The maximum absolute atomic E-state index is 12.6. The summed E-state index contributed by atoms with van der Waals surface area (Å²) in [6, 6.07) is 5.47. The zero-order chi connectivity index (χ0) is 15.2. The Hall–Kier alpha value is -0.910. The molecule has 0 radical (unpaired) electrons. The topological polar surface area (TPSA) is 44.8 Å². The van der Waals surface area contributed by atoms with Crippen LogP contribution in [0.3, 0.4) is 0 Å². The summed E-state index contributed by atoms with van der Waals surface area (Å²) in [5.74, 6) is 0.851. The Kier molecular flexibility index (Phi) is 6.21. The Labute approximate surface area is 133 Å². The van der Waals surface area contributed by atoms with Gasteiger partial charge in [-0.05, 0) is 47.0 Å². The predicted molar refractivity (Wildman–Crippen MR) is 84.0 cm³/mol. The molecule has 2 atom stereocenters. The Balaban J connectivity index is 2.06. The van der Waals surface area contributed by atoms with E-state index in [0.29, 0.717) is 25.4 Å². The summed E-state index contributed by atoms with van der Waals surface area (Å²) in [6.45, 7) is 3.74. The van der Waals surface area contributed by atoms with Gasteiger partial charge in [0.25, 0.3) is 0 Å². The molecular weight excluding hydrogens is 336 g/mol. The summed E-state index contributed by atoms with van der Waals surface area (Å²) in [4.78, 5) is 12.6. The summed E-state index contributed by atoms with van der Waals surface area (Å²) < 4.78 is 16.9. The normalized spacial score (nSPS) is 21.5. The number of ether oxygens (including phenoxy) is 3. The van der Waals surface area contributed by atoms with Gasteiger partial charge in [0.15, 0.2) is 5.78 Å². The van der Waals surface area contributed by atoms with E-state index in [4.69, 9.17) is 14.2 Å². The summed E-state index contributed by atoms with van der Waals surface area (Å²) >= 11 is 3.46. The second-order valence-electron chi connectivity index (χ2n) is 5.06. The molecule has 0 saturated carbocycles. The highest BCUT2D eigenvalue weighted by atomic mass is 79.9. The molecule has 1 heterocycles. The Bertz CT molecular complexity index is 489.